The molecular weight excluding hydrogens is 945 g/mol. The van der Waals surface area contributed by atoms with Crippen LogP contribution in [0.1, 0.15) is 165 Å². The van der Waals surface area contributed by atoms with Crippen molar-refractivity contribution in [2.75, 3.05) is 0 Å². The fourth-order valence-electron chi connectivity index (χ4n) is 11.0. The van der Waals surface area contributed by atoms with E-state index in [1.807, 2.05) is 20.0 Å². The number of hydrogen-bond acceptors (Lipinski definition) is 0. The van der Waals surface area contributed by atoms with Crippen molar-refractivity contribution in [3.05, 3.63) is 212 Å². The van der Waals surface area contributed by atoms with Crippen molar-refractivity contribution in [3.8, 4) is 45.0 Å². The van der Waals surface area contributed by atoms with Gasteiger partial charge in [-0.25, -0.2) is 18.3 Å². The van der Waals surface area contributed by atoms with Gasteiger partial charge >= 0.3 is 0 Å². The van der Waals surface area contributed by atoms with Gasteiger partial charge in [0.2, 0.25) is 22.8 Å². The molecule has 4 heteroatoms. The van der Waals surface area contributed by atoms with E-state index in [9.17, 15) is 0 Å². The summed E-state index contributed by atoms with van der Waals surface area (Å²) in [4.78, 5) is 0. The molecule has 0 unspecified atom stereocenters. The van der Waals surface area contributed by atoms with E-state index in [0.717, 1.165) is 16.8 Å². The van der Waals surface area contributed by atoms with Crippen molar-refractivity contribution in [2.45, 2.75) is 174 Å². The van der Waals surface area contributed by atoms with Gasteiger partial charge < -0.3 is 0 Å². The molecule has 4 aromatic carbocycles. The van der Waals surface area contributed by atoms with Gasteiger partial charge in [0.05, 0.1) is 0 Å². The lowest BCUT2D eigenvalue weighted by Gasteiger charge is -2.20. The van der Waals surface area contributed by atoms with Gasteiger partial charge in [0.25, 0.3) is 0 Å². The van der Waals surface area contributed by atoms with Crippen LogP contribution >= 0.6 is 0 Å². The lowest BCUT2D eigenvalue weighted by atomic mass is 9.84. The monoisotopic (exact) mass is 1050 g/mol. The molecule has 0 saturated carbocycles. The summed E-state index contributed by atoms with van der Waals surface area (Å²) in [6.07, 6.45) is 9.01. The Labute approximate surface area is 479 Å². The van der Waals surface area contributed by atoms with Crippen molar-refractivity contribution in [1.82, 2.24) is 0 Å². The van der Waals surface area contributed by atoms with Crippen LogP contribution in [0.2, 0.25) is 0 Å². The second kappa shape index (κ2) is 24.7. The molecular formula is C74H100N4+4. The number of nitrogens with zero attached hydrogens (tertiary/aromatic N) is 4. The number of aromatic nitrogens is 4. The smallest absolute Gasteiger partial charge is 0.201 e. The number of aryl methyl sites for hydroxylation is 14. The molecule has 0 spiro atoms. The van der Waals surface area contributed by atoms with E-state index in [4.69, 9.17) is 4.11 Å². The standard InChI is InChI=1S/2C19H26N.2C18H24N/c2*1-13-8-9-16(14(2)10-13)18-11-15(3)17(12-20(18)7)19(4,5)6;2*1-13-9-7-8-10-15(13)17-11-14(2)16(12-19(17)6)18(3,4)5/h2*8-12H,1-7H3;2*7-12H,1-6H3/q4*+1/i1D3;;;. The highest BCUT2D eigenvalue weighted by Crippen LogP contribution is 2.32. The Morgan fingerprint density at radius 2 is 0.526 bits per heavy atom. The predicted molar refractivity (Wildman–Crippen MR) is 334 cm³/mol. The summed E-state index contributed by atoms with van der Waals surface area (Å²) in [5.74, 6) is 0. The minimum atomic E-state index is -2.06. The first-order valence-corrected chi connectivity index (χ1v) is 28.1. The van der Waals surface area contributed by atoms with E-state index in [1.54, 1.807) is 12.1 Å². The lowest BCUT2D eigenvalue weighted by molar-refractivity contribution is -0.661. The van der Waals surface area contributed by atoms with Gasteiger partial charge in [0.15, 0.2) is 24.8 Å². The topological polar surface area (TPSA) is 15.5 Å². The van der Waals surface area contributed by atoms with Crippen LogP contribution in [-0.4, -0.2) is 0 Å². The molecule has 8 rings (SSSR count). The molecule has 412 valence electrons. The molecule has 4 heterocycles. The third-order valence-electron chi connectivity index (χ3n) is 15.2. The summed E-state index contributed by atoms with van der Waals surface area (Å²) in [6, 6.07) is 38.3. The summed E-state index contributed by atoms with van der Waals surface area (Å²) in [7, 11) is 8.46. The van der Waals surface area contributed by atoms with Gasteiger partial charge in [-0.3, -0.25) is 0 Å². The van der Waals surface area contributed by atoms with Gasteiger partial charge in [0.1, 0.15) is 28.2 Å². The van der Waals surface area contributed by atoms with Gasteiger partial charge in [0, 0.05) is 72.9 Å². The van der Waals surface area contributed by atoms with E-state index in [1.165, 1.54) is 101 Å². The number of rotatable bonds is 4. The minimum Gasteiger partial charge on any atom is -0.201 e. The third-order valence-corrected chi connectivity index (χ3v) is 15.2. The Bertz CT molecular complexity index is 3420. The maximum Gasteiger partial charge on any atom is 0.212 e. The van der Waals surface area contributed by atoms with Gasteiger partial charge in [-0.2, -0.15) is 0 Å². The van der Waals surface area contributed by atoms with E-state index in [-0.39, 0.29) is 21.7 Å². The molecule has 4 nitrogen and oxygen atoms in total. The quantitative estimate of drug-likeness (QED) is 0.156. The Morgan fingerprint density at radius 1 is 0.282 bits per heavy atom. The van der Waals surface area contributed by atoms with Crippen LogP contribution in [0.3, 0.4) is 0 Å². The second-order valence-corrected chi connectivity index (χ2v) is 26.4. The zero-order valence-electron chi connectivity index (χ0n) is 56.0. The molecule has 0 radical (unpaired) electrons. The lowest BCUT2D eigenvalue weighted by Crippen LogP contribution is -2.34. The van der Waals surface area contributed by atoms with Crippen LogP contribution in [0, 0.1) is 69.2 Å². The largest absolute Gasteiger partial charge is 0.212 e. The first kappa shape index (κ1) is 57.6. The third kappa shape index (κ3) is 15.4. The van der Waals surface area contributed by atoms with Crippen molar-refractivity contribution in [2.24, 2.45) is 28.2 Å². The molecule has 0 amide bonds. The average molecular weight is 1050 g/mol. The molecule has 4 aromatic heterocycles. The highest BCUT2D eigenvalue weighted by Gasteiger charge is 2.27. The molecule has 0 saturated heterocycles. The highest BCUT2D eigenvalue weighted by molar-refractivity contribution is 5.65. The van der Waals surface area contributed by atoms with E-state index < -0.39 is 6.85 Å². The number of benzene rings is 4. The zero-order chi connectivity index (χ0) is 61.1. The van der Waals surface area contributed by atoms with Crippen LogP contribution in [0.5, 0.6) is 0 Å². The molecule has 0 N–H and O–H groups in total. The van der Waals surface area contributed by atoms with Gasteiger partial charge in [-0.05, 0) is 160 Å². The molecule has 78 heavy (non-hydrogen) atoms. The van der Waals surface area contributed by atoms with Crippen LogP contribution in [0.4, 0.5) is 0 Å². The van der Waals surface area contributed by atoms with Gasteiger partial charge in [-0.1, -0.05) is 155 Å². The molecule has 0 aliphatic carbocycles. The van der Waals surface area contributed by atoms with Crippen molar-refractivity contribution >= 4 is 0 Å². The predicted octanol–water partition coefficient (Wildman–Crippen LogP) is 17.0. The SMILES string of the molecule is Cc1ccc(-c2cc(C)c(C(C)(C)C)c[n+]2C)c(C)c1.Cc1ccccc1-c1cc(C)c(C(C)(C)C)c[n+]1C.Cc1ccccc1-c1cc(C)c(C(C)(C)C)c[n+]1C.[2H]C([2H])([2H])c1ccc(-c2cc(C)c(C(C)(C)C)c[n+]2C)c(C)c1. The summed E-state index contributed by atoms with van der Waals surface area (Å²) in [5.41, 5.74) is 28.2. The Kier molecular flexibility index (Phi) is 18.2. The van der Waals surface area contributed by atoms with Crippen molar-refractivity contribution in [1.29, 1.82) is 0 Å². The zero-order valence-corrected chi connectivity index (χ0v) is 53.0. The van der Waals surface area contributed by atoms with Crippen molar-refractivity contribution < 1.29 is 22.4 Å². The van der Waals surface area contributed by atoms with Crippen molar-refractivity contribution in [3.63, 3.8) is 0 Å². The van der Waals surface area contributed by atoms with Gasteiger partial charge in [-0.15, -0.1) is 0 Å². The van der Waals surface area contributed by atoms with Crippen LogP contribution in [0.25, 0.3) is 45.0 Å². The fourth-order valence-corrected chi connectivity index (χ4v) is 11.0. The molecule has 0 bridgehead atoms. The minimum absolute atomic E-state index is 0.0978. The van der Waals surface area contributed by atoms with E-state index >= 15 is 0 Å². The van der Waals surface area contributed by atoms with Crippen LogP contribution < -0.4 is 18.3 Å². The van der Waals surface area contributed by atoms with E-state index in [0.29, 0.717) is 5.56 Å². The van der Waals surface area contributed by atoms with E-state index in [2.05, 4.69) is 294 Å². The second-order valence-electron chi connectivity index (χ2n) is 26.4. The normalized spacial score (nSPS) is 12.4. The number of hydrogen-bond donors (Lipinski definition) is 0. The average Bonchev–Trinajstić information content (AvgIpc) is 3.33. The first-order valence-electron chi connectivity index (χ1n) is 29.6. The number of pyridine rings is 4. The first-order chi connectivity index (χ1) is 37.2. The Morgan fingerprint density at radius 3 is 0.769 bits per heavy atom. The van der Waals surface area contributed by atoms with Crippen LogP contribution in [-0.2, 0) is 49.9 Å². The molecule has 0 atom stereocenters. The molecule has 0 aliphatic rings. The maximum atomic E-state index is 7.55. The summed E-state index contributed by atoms with van der Waals surface area (Å²) in [5, 5.41) is 0. The Balaban J connectivity index is 0.000000199. The Hall–Kier alpha value is -6.52. The molecule has 8 aromatic rings. The summed E-state index contributed by atoms with van der Waals surface area (Å²) >= 11 is 0. The summed E-state index contributed by atoms with van der Waals surface area (Å²) < 4.78 is 31.5. The summed E-state index contributed by atoms with van der Waals surface area (Å²) in [6.45, 7) is 44.4. The maximum absolute atomic E-state index is 7.55. The molecule has 0 fully saturated rings. The fraction of sp³-hybridized carbons (Fsp3) is 0.405. The van der Waals surface area contributed by atoms with Crippen LogP contribution in [0.15, 0.2) is 134 Å². The molecule has 0 aliphatic heterocycles. The highest BCUT2D eigenvalue weighted by atomic mass is 14.9.